The molecule has 6 nitrogen and oxygen atoms in total. The first kappa shape index (κ1) is 12.8. The second-order valence-electron chi connectivity index (χ2n) is 4.64. The predicted molar refractivity (Wildman–Crippen MR) is 70.2 cm³/mol. The van der Waals surface area contributed by atoms with Crippen molar-refractivity contribution in [2.75, 3.05) is 13.1 Å². The van der Waals surface area contributed by atoms with Gasteiger partial charge in [0.15, 0.2) is 10.4 Å². The van der Waals surface area contributed by atoms with Gasteiger partial charge < -0.3 is 13.9 Å². The Morgan fingerprint density at radius 1 is 1.37 bits per heavy atom. The van der Waals surface area contributed by atoms with E-state index in [0.29, 0.717) is 35.3 Å². The number of aliphatic hydroxyl groups excluding tert-OH is 1. The minimum absolute atomic E-state index is 0.253. The monoisotopic (exact) mass is 327 g/mol. The lowest BCUT2D eigenvalue weighted by molar-refractivity contribution is 0.0625. The molecule has 7 heteroatoms. The zero-order valence-corrected chi connectivity index (χ0v) is 11.8. The van der Waals surface area contributed by atoms with Gasteiger partial charge in [0.2, 0.25) is 5.89 Å². The van der Waals surface area contributed by atoms with Crippen LogP contribution in [0.25, 0.3) is 11.7 Å². The summed E-state index contributed by atoms with van der Waals surface area (Å²) in [4.78, 5) is 2.11. The van der Waals surface area contributed by atoms with Gasteiger partial charge in [-0.1, -0.05) is 0 Å². The lowest BCUT2D eigenvalue weighted by Crippen LogP contribution is -2.37. The van der Waals surface area contributed by atoms with Crippen LogP contribution in [0.3, 0.4) is 0 Å². The molecule has 1 unspecified atom stereocenters. The van der Waals surface area contributed by atoms with Crippen molar-refractivity contribution in [3.8, 4) is 11.7 Å². The number of likely N-dealkylation sites (tertiary alicyclic amines) is 1. The third-order valence-corrected chi connectivity index (χ3v) is 3.52. The van der Waals surface area contributed by atoms with Crippen molar-refractivity contribution >= 4 is 15.9 Å². The first-order chi connectivity index (χ1) is 9.20. The number of piperidine rings is 1. The fourth-order valence-electron chi connectivity index (χ4n) is 2.21. The summed E-state index contributed by atoms with van der Waals surface area (Å²) in [6, 6.07) is 3.55. The van der Waals surface area contributed by atoms with Gasteiger partial charge in [-0.25, -0.2) is 0 Å². The molecule has 0 aliphatic carbocycles. The number of hydrogen-bond donors (Lipinski definition) is 1. The normalized spacial score (nSPS) is 20.8. The van der Waals surface area contributed by atoms with E-state index in [4.69, 9.17) is 8.83 Å². The molecule has 3 rings (SSSR count). The molecule has 1 saturated heterocycles. The SMILES string of the molecule is OC1CCCN(Cc2nnc(-c3ccc(Br)o3)o2)C1. The minimum atomic E-state index is -0.253. The van der Waals surface area contributed by atoms with Crippen LogP contribution in [-0.2, 0) is 6.54 Å². The number of β-amino-alcohol motifs (C(OH)–C–C–N with tert-alkyl or cyclic N) is 1. The van der Waals surface area contributed by atoms with E-state index < -0.39 is 0 Å². The molecule has 1 aliphatic rings. The van der Waals surface area contributed by atoms with E-state index in [1.165, 1.54) is 0 Å². The number of furan rings is 1. The molecular weight excluding hydrogens is 314 g/mol. The molecule has 2 aromatic rings. The molecule has 0 amide bonds. The van der Waals surface area contributed by atoms with E-state index in [1.807, 2.05) is 0 Å². The van der Waals surface area contributed by atoms with Gasteiger partial charge in [0.05, 0.1) is 12.6 Å². The molecule has 19 heavy (non-hydrogen) atoms. The summed E-state index contributed by atoms with van der Waals surface area (Å²) in [6.07, 6.45) is 1.61. The summed E-state index contributed by atoms with van der Waals surface area (Å²) >= 11 is 3.23. The zero-order chi connectivity index (χ0) is 13.2. The van der Waals surface area contributed by atoms with Crippen molar-refractivity contribution in [1.82, 2.24) is 15.1 Å². The van der Waals surface area contributed by atoms with Gasteiger partial charge in [0, 0.05) is 6.54 Å². The van der Waals surface area contributed by atoms with E-state index in [2.05, 4.69) is 31.0 Å². The van der Waals surface area contributed by atoms with Crippen LogP contribution in [0.2, 0.25) is 0 Å². The molecule has 0 spiro atoms. The fourth-order valence-corrected chi connectivity index (χ4v) is 2.52. The maximum Gasteiger partial charge on any atom is 0.283 e. The number of nitrogens with zero attached hydrogens (tertiary/aromatic N) is 3. The standard InChI is InChI=1S/C12H14BrN3O3/c13-10-4-3-9(18-10)12-15-14-11(19-12)7-16-5-1-2-8(17)6-16/h3-4,8,17H,1-2,5-7H2. The van der Waals surface area contributed by atoms with Crippen LogP contribution in [0.1, 0.15) is 18.7 Å². The zero-order valence-electron chi connectivity index (χ0n) is 10.3. The summed E-state index contributed by atoms with van der Waals surface area (Å²) in [5.74, 6) is 1.46. The second kappa shape index (κ2) is 5.44. The molecule has 0 bridgehead atoms. The lowest BCUT2D eigenvalue weighted by atomic mass is 10.1. The number of hydrogen-bond acceptors (Lipinski definition) is 6. The van der Waals surface area contributed by atoms with Crippen LogP contribution in [0, 0.1) is 0 Å². The fraction of sp³-hybridized carbons (Fsp3) is 0.500. The van der Waals surface area contributed by atoms with Gasteiger partial charge in [-0.15, -0.1) is 10.2 Å². The van der Waals surface area contributed by atoms with Crippen molar-refractivity contribution in [2.45, 2.75) is 25.5 Å². The molecule has 1 atom stereocenters. The topological polar surface area (TPSA) is 75.5 Å². The highest BCUT2D eigenvalue weighted by atomic mass is 79.9. The number of rotatable bonds is 3. The second-order valence-corrected chi connectivity index (χ2v) is 5.42. The van der Waals surface area contributed by atoms with Gasteiger partial charge >= 0.3 is 0 Å². The van der Waals surface area contributed by atoms with Crippen LogP contribution < -0.4 is 0 Å². The van der Waals surface area contributed by atoms with Crippen LogP contribution in [0.4, 0.5) is 0 Å². The third kappa shape index (κ3) is 3.05. The summed E-state index contributed by atoms with van der Waals surface area (Å²) in [5, 5.41) is 17.6. The van der Waals surface area contributed by atoms with Crippen molar-refractivity contribution in [3.63, 3.8) is 0 Å². The van der Waals surface area contributed by atoms with Gasteiger partial charge in [-0.3, -0.25) is 4.90 Å². The highest BCUT2D eigenvalue weighted by Crippen LogP contribution is 2.24. The smallest absolute Gasteiger partial charge is 0.283 e. The van der Waals surface area contributed by atoms with Crippen LogP contribution in [-0.4, -0.2) is 39.4 Å². The molecule has 0 saturated carbocycles. The highest BCUT2D eigenvalue weighted by molar-refractivity contribution is 9.10. The van der Waals surface area contributed by atoms with E-state index in [-0.39, 0.29) is 6.10 Å². The molecule has 1 fully saturated rings. The molecule has 1 aliphatic heterocycles. The summed E-state index contributed by atoms with van der Waals surface area (Å²) < 4.78 is 11.5. The Bertz CT molecular complexity index is 554. The highest BCUT2D eigenvalue weighted by Gasteiger charge is 2.20. The average Bonchev–Trinajstić information content (AvgIpc) is 2.98. The molecular formula is C12H14BrN3O3. The van der Waals surface area contributed by atoms with Gasteiger partial charge in [0.25, 0.3) is 5.89 Å². The van der Waals surface area contributed by atoms with E-state index >= 15 is 0 Å². The quantitative estimate of drug-likeness (QED) is 0.929. The Kier molecular flexibility index (Phi) is 3.67. The number of aliphatic hydroxyl groups is 1. The molecule has 102 valence electrons. The minimum Gasteiger partial charge on any atom is -0.444 e. The third-order valence-electron chi connectivity index (χ3n) is 3.09. The maximum absolute atomic E-state index is 9.62. The largest absolute Gasteiger partial charge is 0.444 e. The van der Waals surface area contributed by atoms with Crippen molar-refractivity contribution in [2.24, 2.45) is 0 Å². The number of aromatic nitrogens is 2. The Labute approximate surface area is 118 Å². The molecule has 1 N–H and O–H groups in total. The summed E-state index contributed by atoms with van der Waals surface area (Å²) in [7, 11) is 0. The van der Waals surface area contributed by atoms with Crippen molar-refractivity contribution < 1.29 is 13.9 Å². The molecule has 3 heterocycles. The Hall–Kier alpha value is -1.18. The number of halogens is 1. The summed E-state index contributed by atoms with van der Waals surface area (Å²) in [5.41, 5.74) is 0. The van der Waals surface area contributed by atoms with Crippen molar-refractivity contribution in [1.29, 1.82) is 0 Å². The Balaban J connectivity index is 1.68. The average molecular weight is 328 g/mol. The van der Waals surface area contributed by atoms with Gasteiger partial charge in [0.1, 0.15) is 0 Å². The molecule has 0 aromatic carbocycles. The first-order valence-electron chi connectivity index (χ1n) is 6.19. The maximum atomic E-state index is 9.62. The first-order valence-corrected chi connectivity index (χ1v) is 6.98. The van der Waals surface area contributed by atoms with E-state index in [9.17, 15) is 5.11 Å². The lowest BCUT2D eigenvalue weighted by Gasteiger charge is -2.28. The predicted octanol–water partition coefficient (Wildman–Crippen LogP) is 2.05. The van der Waals surface area contributed by atoms with Gasteiger partial charge in [-0.05, 0) is 47.4 Å². The Morgan fingerprint density at radius 2 is 2.26 bits per heavy atom. The molecule has 2 aromatic heterocycles. The van der Waals surface area contributed by atoms with E-state index in [0.717, 1.165) is 19.4 Å². The van der Waals surface area contributed by atoms with Crippen molar-refractivity contribution in [3.05, 3.63) is 22.7 Å². The van der Waals surface area contributed by atoms with Crippen LogP contribution >= 0.6 is 15.9 Å². The van der Waals surface area contributed by atoms with E-state index in [1.54, 1.807) is 12.1 Å². The van der Waals surface area contributed by atoms with Gasteiger partial charge in [-0.2, -0.15) is 0 Å². The summed E-state index contributed by atoms with van der Waals surface area (Å²) in [6.45, 7) is 2.16. The molecule has 0 radical (unpaired) electrons. The Morgan fingerprint density at radius 3 is 3.00 bits per heavy atom. The van der Waals surface area contributed by atoms with Crippen LogP contribution in [0.15, 0.2) is 25.6 Å². The van der Waals surface area contributed by atoms with Crippen LogP contribution in [0.5, 0.6) is 0 Å².